The van der Waals surface area contributed by atoms with Crippen molar-refractivity contribution in [2.45, 2.75) is 32.6 Å². The lowest BCUT2D eigenvalue weighted by molar-refractivity contribution is 0.0948. The Hall–Kier alpha value is -2.29. The molecule has 1 amide bonds. The molecule has 0 radical (unpaired) electrons. The minimum atomic E-state index is -0.0991. The Morgan fingerprint density at radius 3 is 2.85 bits per heavy atom. The number of nitrogens with one attached hydrogen (secondary N) is 1. The zero-order chi connectivity index (χ0) is 18.5. The third kappa shape index (κ3) is 4.27. The van der Waals surface area contributed by atoms with Crippen molar-refractivity contribution in [3.63, 3.8) is 0 Å². The first-order valence-electron chi connectivity index (χ1n) is 8.96. The van der Waals surface area contributed by atoms with Crippen molar-refractivity contribution in [2.24, 2.45) is 13.0 Å². The topological polar surface area (TPSA) is 93.0 Å². The van der Waals surface area contributed by atoms with E-state index in [9.17, 15) is 9.59 Å². The zero-order valence-corrected chi connectivity index (χ0v) is 16.0. The van der Waals surface area contributed by atoms with E-state index in [0.717, 1.165) is 61.7 Å². The molecule has 140 valence electrons. The number of nitrogens with zero attached hydrogens (tertiary/aromatic N) is 5. The van der Waals surface area contributed by atoms with Crippen LogP contribution in [0, 0.1) is 5.92 Å². The quantitative estimate of drug-likeness (QED) is 0.815. The van der Waals surface area contributed by atoms with Crippen molar-refractivity contribution in [3.8, 4) is 0 Å². The molecule has 3 rings (SSSR count). The van der Waals surface area contributed by atoms with Crippen LogP contribution in [0.2, 0.25) is 0 Å². The summed E-state index contributed by atoms with van der Waals surface area (Å²) in [5.74, 6) is 0.367. The number of amides is 1. The molecule has 0 atom stereocenters. The van der Waals surface area contributed by atoms with Gasteiger partial charge in [-0.1, -0.05) is 17.8 Å². The molecule has 26 heavy (non-hydrogen) atoms. The number of hydrogen-bond donors (Lipinski definition) is 1. The molecule has 0 spiro atoms. The average Bonchev–Trinajstić information content (AvgIpc) is 3.11. The van der Waals surface area contributed by atoms with Crippen LogP contribution < -0.4 is 15.8 Å². The van der Waals surface area contributed by atoms with E-state index in [0.29, 0.717) is 17.3 Å². The first-order valence-corrected chi connectivity index (χ1v) is 9.73. The van der Waals surface area contributed by atoms with Gasteiger partial charge in [-0.3, -0.25) is 9.59 Å². The lowest BCUT2D eigenvalue weighted by atomic mass is 9.96. The van der Waals surface area contributed by atoms with Crippen LogP contribution in [0.25, 0.3) is 0 Å². The van der Waals surface area contributed by atoms with Gasteiger partial charge in [-0.15, -0.1) is 5.10 Å². The summed E-state index contributed by atoms with van der Waals surface area (Å²) >= 11 is 1.16. The Bertz CT molecular complexity index is 810. The number of rotatable bonds is 6. The fraction of sp³-hybridized carbons (Fsp3) is 0.588. The predicted octanol–water partition coefficient (Wildman–Crippen LogP) is 1.23. The molecule has 2 aromatic rings. The number of anilines is 1. The first kappa shape index (κ1) is 18.5. The smallest absolute Gasteiger partial charge is 0.268 e. The second kappa shape index (κ2) is 8.39. The van der Waals surface area contributed by atoms with E-state index in [1.54, 1.807) is 19.3 Å². The second-order valence-corrected chi connectivity index (χ2v) is 7.37. The lowest BCUT2D eigenvalue weighted by Crippen LogP contribution is -2.39. The Labute approximate surface area is 156 Å². The fourth-order valence-corrected chi connectivity index (χ4v) is 3.75. The summed E-state index contributed by atoms with van der Waals surface area (Å²) in [5, 5.41) is 11.2. The SMILES string of the molecule is CCCc1nnsc1C(=O)NCC1CCN(c2cnn(C)c(=O)c2)CC1. The van der Waals surface area contributed by atoms with Crippen molar-refractivity contribution in [2.75, 3.05) is 24.5 Å². The maximum absolute atomic E-state index is 12.4. The van der Waals surface area contributed by atoms with E-state index in [1.165, 1.54) is 4.68 Å². The molecule has 0 saturated carbocycles. The van der Waals surface area contributed by atoms with Gasteiger partial charge in [0.15, 0.2) is 0 Å². The number of carbonyl (C=O) groups excluding carboxylic acids is 1. The molecule has 3 heterocycles. The molecule has 1 N–H and O–H groups in total. The van der Waals surface area contributed by atoms with E-state index in [4.69, 9.17) is 0 Å². The Morgan fingerprint density at radius 1 is 1.38 bits per heavy atom. The molecule has 8 nitrogen and oxygen atoms in total. The van der Waals surface area contributed by atoms with Crippen LogP contribution in [0.5, 0.6) is 0 Å². The Kier molecular flexibility index (Phi) is 5.97. The molecule has 1 saturated heterocycles. The highest BCUT2D eigenvalue weighted by Gasteiger charge is 2.22. The van der Waals surface area contributed by atoms with Crippen LogP contribution >= 0.6 is 11.5 Å². The largest absolute Gasteiger partial charge is 0.370 e. The molecule has 2 aromatic heterocycles. The Balaban J connectivity index is 1.49. The van der Waals surface area contributed by atoms with Crippen LogP contribution in [0.1, 0.15) is 41.6 Å². The summed E-state index contributed by atoms with van der Waals surface area (Å²) in [5.41, 5.74) is 1.57. The highest BCUT2D eigenvalue weighted by atomic mass is 32.1. The van der Waals surface area contributed by atoms with E-state index in [2.05, 4.69) is 31.8 Å². The van der Waals surface area contributed by atoms with Crippen LogP contribution in [0.3, 0.4) is 0 Å². The normalized spacial score (nSPS) is 15.2. The summed E-state index contributed by atoms with van der Waals surface area (Å²) in [6, 6.07) is 1.63. The molecular weight excluding hydrogens is 352 g/mol. The summed E-state index contributed by atoms with van der Waals surface area (Å²) in [4.78, 5) is 26.9. The van der Waals surface area contributed by atoms with E-state index < -0.39 is 0 Å². The minimum absolute atomic E-state index is 0.0679. The standard InChI is InChI=1S/C17H24N6O2S/c1-3-4-14-16(26-21-20-14)17(25)18-10-12-5-7-23(8-6-12)13-9-15(24)22(2)19-11-13/h9,11-12H,3-8,10H2,1-2H3,(H,18,25). The molecule has 1 aliphatic heterocycles. The monoisotopic (exact) mass is 376 g/mol. The van der Waals surface area contributed by atoms with Gasteiger partial charge in [0.1, 0.15) is 4.88 Å². The molecule has 0 aromatic carbocycles. The van der Waals surface area contributed by atoms with E-state index >= 15 is 0 Å². The van der Waals surface area contributed by atoms with Crippen LogP contribution in [0.15, 0.2) is 17.1 Å². The van der Waals surface area contributed by atoms with Gasteiger partial charge in [-0.05, 0) is 36.7 Å². The maximum atomic E-state index is 12.4. The van der Waals surface area contributed by atoms with Crippen molar-refractivity contribution < 1.29 is 4.79 Å². The van der Waals surface area contributed by atoms with Gasteiger partial charge in [0.05, 0.1) is 17.6 Å². The maximum Gasteiger partial charge on any atom is 0.268 e. The van der Waals surface area contributed by atoms with Gasteiger partial charge in [0.25, 0.3) is 11.5 Å². The first-order chi connectivity index (χ1) is 12.6. The molecule has 0 unspecified atom stereocenters. The molecule has 1 aliphatic rings. The predicted molar refractivity (Wildman–Crippen MR) is 101 cm³/mol. The van der Waals surface area contributed by atoms with Gasteiger partial charge in [0.2, 0.25) is 0 Å². The number of aryl methyl sites for hydroxylation is 2. The van der Waals surface area contributed by atoms with Gasteiger partial charge in [0, 0.05) is 32.7 Å². The molecule has 0 bridgehead atoms. The van der Waals surface area contributed by atoms with Gasteiger partial charge in [-0.25, -0.2) is 4.68 Å². The fourth-order valence-electron chi connectivity index (χ4n) is 3.13. The summed E-state index contributed by atoms with van der Waals surface area (Å²) in [7, 11) is 1.64. The third-order valence-corrected chi connectivity index (χ3v) is 5.50. The number of aromatic nitrogens is 4. The van der Waals surface area contributed by atoms with Crippen LogP contribution in [-0.2, 0) is 13.5 Å². The van der Waals surface area contributed by atoms with Crippen molar-refractivity contribution >= 4 is 23.1 Å². The second-order valence-electron chi connectivity index (χ2n) is 6.61. The van der Waals surface area contributed by atoms with Crippen LogP contribution in [0.4, 0.5) is 5.69 Å². The number of piperidine rings is 1. The third-order valence-electron chi connectivity index (χ3n) is 4.73. The molecule has 0 aliphatic carbocycles. The van der Waals surface area contributed by atoms with Crippen molar-refractivity contribution in [1.29, 1.82) is 0 Å². The summed E-state index contributed by atoms with van der Waals surface area (Å²) in [6.07, 6.45) is 5.40. The Morgan fingerprint density at radius 2 is 2.15 bits per heavy atom. The lowest BCUT2D eigenvalue weighted by Gasteiger charge is -2.33. The van der Waals surface area contributed by atoms with Crippen LogP contribution in [-0.4, -0.2) is 44.9 Å². The number of hydrogen-bond acceptors (Lipinski definition) is 7. The van der Waals surface area contributed by atoms with Gasteiger partial charge >= 0.3 is 0 Å². The van der Waals surface area contributed by atoms with E-state index in [-0.39, 0.29) is 11.5 Å². The minimum Gasteiger partial charge on any atom is -0.370 e. The highest BCUT2D eigenvalue weighted by Crippen LogP contribution is 2.21. The number of carbonyl (C=O) groups is 1. The zero-order valence-electron chi connectivity index (χ0n) is 15.1. The summed E-state index contributed by atoms with van der Waals surface area (Å²) < 4.78 is 5.23. The molecule has 1 fully saturated rings. The molecule has 9 heteroatoms. The summed E-state index contributed by atoms with van der Waals surface area (Å²) in [6.45, 7) is 4.44. The van der Waals surface area contributed by atoms with Gasteiger partial charge < -0.3 is 10.2 Å². The van der Waals surface area contributed by atoms with E-state index in [1.807, 2.05) is 0 Å². The van der Waals surface area contributed by atoms with Crippen molar-refractivity contribution in [1.82, 2.24) is 24.7 Å². The molecular formula is C17H24N6O2S. The van der Waals surface area contributed by atoms with Crippen molar-refractivity contribution in [3.05, 3.63) is 33.2 Å². The highest BCUT2D eigenvalue weighted by molar-refractivity contribution is 7.08. The average molecular weight is 376 g/mol. The van der Waals surface area contributed by atoms with Gasteiger partial charge in [-0.2, -0.15) is 5.10 Å².